The molecule has 0 aliphatic rings. The molecule has 0 saturated carbocycles. The average Bonchev–Trinajstić information content (AvgIpc) is 2.13. The van der Waals surface area contributed by atoms with Crippen molar-refractivity contribution in [2.45, 2.75) is 26.9 Å². The minimum absolute atomic E-state index is 0.190. The highest BCUT2D eigenvalue weighted by Gasteiger charge is 2.01. The van der Waals surface area contributed by atoms with Gasteiger partial charge in [-0.2, -0.15) is 8.42 Å². The van der Waals surface area contributed by atoms with E-state index < -0.39 is 10.4 Å². The van der Waals surface area contributed by atoms with Crippen LogP contribution in [0.1, 0.15) is 20.8 Å². The van der Waals surface area contributed by atoms with Gasteiger partial charge in [0.15, 0.2) is 0 Å². The summed E-state index contributed by atoms with van der Waals surface area (Å²) in [5.74, 6) is 0. The van der Waals surface area contributed by atoms with Crippen LogP contribution in [0.2, 0.25) is 0 Å². The summed E-state index contributed by atoms with van der Waals surface area (Å²) in [7, 11) is -3.29. The second-order valence-corrected chi connectivity index (χ2v) is 4.12. The topological polar surface area (TPSA) is 87.1 Å². The van der Waals surface area contributed by atoms with E-state index in [4.69, 9.17) is 9.66 Å². The molecule has 0 aliphatic heterocycles. The molecule has 94 valence electrons. The second-order valence-electron chi connectivity index (χ2n) is 2.93. The summed E-state index contributed by atoms with van der Waals surface area (Å²) in [6.07, 6.45) is -0.190. The standard InChI is InChI=1S/C7H17NO.CH4O4S/c1-4-8(5-2)6-7(3)9;1-5-6(2,3)4/h7,9H,4-6H2,1-3H3;1H3,(H,2,3,4). The summed E-state index contributed by atoms with van der Waals surface area (Å²) < 4.78 is 29.7. The van der Waals surface area contributed by atoms with Gasteiger partial charge >= 0.3 is 10.4 Å². The normalized spacial score (nSPS) is 13.3. The van der Waals surface area contributed by atoms with Gasteiger partial charge < -0.3 is 10.0 Å². The first kappa shape index (κ1) is 17.2. The van der Waals surface area contributed by atoms with E-state index in [1.54, 1.807) is 0 Å². The van der Waals surface area contributed by atoms with Crippen molar-refractivity contribution in [1.82, 2.24) is 4.90 Å². The van der Waals surface area contributed by atoms with Crippen LogP contribution in [0.15, 0.2) is 0 Å². The van der Waals surface area contributed by atoms with E-state index in [0.29, 0.717) is 0 Å². The molecule has 0 spiro atoms. The third-order valence-electron chi connectivity index (χ3n) is 1.63. The van der Waals surface area contributed by atoms with E-state index in [9.17, 15) is 8.42 Å². The molecule has 0 amide bonds. The molecule has 0 saturated heterocycles. The zero-order valence-corrected chi connectivity index (χ0v) is 10.5. The van der Waals surface area contributed by atoms with Crippen molar-refractivity contribution in [3.05, 3.63) is 0 Å². The first-order valence-corrected chi connectivity index (χ1v) is 6.06. The number of aliphatic hydroxyl groups is 1. The summed E-state index contributed by atoms with van der Waals surface area (Å²) in [6, 6.07) is 0. The third kappa shape index (κ3) is 16.5. The van der Waals surface area contributed by atoms with Crippen LogP contribution in [0.5, 0.6) is 0 Å². The van der Waals surface area contributed by atoms with Crippen molar-refractivity contribution in [3.63, 3.8) is 0 Å². The van der Waals surface area contributed by atoms with E-state index in [2.05, 4.69) is 22.9 Å². The minimum Gasteiger partial charge on any atom is -0.392 e. The van der Waals surface area contributed by atoms with Gasteiger partial charge in [-0.1, -0.05) is 13.8 Å². The predicted molar refractivity (Wildman–Crippen MR) is 58.0 cm³/mol. The third-order valence-corrected chi connectivity index (χ3v) is 2.05. The summed E-state index contributed by atoms with van der Waals surface area (Å²) in [4.78, 5) is 2.20. The number of aliphatic hydroxyl groups excluding tert-OH is 1. The van der Waals surface area contributed by atoms with Crippen LogP contribution in [0.3, 0.4) is 0 Å². The Kier molecular flexibility index (Phi) is 10.4. The van der Waals surface area contributed by atoms with E-state index in [1.165, 1.54) is 0 Å². The van der Waals surface area contributed by atoms with E-state index in [-0.39, 0.29) is 6.10 Å². The number of hydrogen-bond donors (Lipinski definition) is 2. The van der Waals surface area contributed by atoms with E-state index in [1.807, 2.05) is 6.92 Å². The molecule has 7 heteroatoms. The summed E-state index contributed by atoms with van der Waals surface area (Å²) in [5.41, 5.74) is 0. The number of nitrogens with zero attached hydrogens (tertiary/aromatic N) is 1. The van der Waals surface area contributed by atoms with Crippen LogP contribution in [-0.2, 0) is 14.6 Å². The van der Waals surface area contributed by atoms with Crippen LogP contribution >= 0.6 is 0 Å². The van der Waals surface area contributed by atoms with E-state index in [0.717, 1.165) is 26.7 Å². The quantitative estimate of drug-likeness (QED) is 0.668. The Bertz CT molecular complexity index is 223. The maximum Gasteiger partial charge on any atom is 0.397 e. The molecule has 0 aromatic rings. The average molecular weight is 243 g/mol. The fourth-order valence-corrected chi connectivity index (χ4v) is 0.855. The second kappa shape index (κ2) is 9.05. The molecule has 0 bridgehead atoms. The lowest BCUT2D eigenvalue weighted by Gasteiger charge is -2.18. The van der Waals surface area contributed by atoms with Crippen molar-refractivity contribution in [3.8, 4) is 0 Å². The monoisotopic (exact) mass is 243 g/mol. The van der Waals surface area contributed by atoms with E-state index >= 15 is 0 Å². The molecule has 0 aliphatic carbocycles. The number of hydrogen-bond acceptors (Lipinski definition) is 5. The highest BCUT2D eigenvalue weighted by molar-refractivity contribution is 7.80. The lowest BCUT2D eigenvalue weighted by Crippen LogP contribution is -2.30. The van der Waals surface area contributed by atoms with Gasteiger partial charge in [-0.15, -0.1) is 0 Å². The van der Waals surface area contributed by atoms with Crippen LogP contribution in [0.25, 0.3) is 0 Å². The maximum atomic E-state index is 9.33. The van der Waals surface area contributed by atoms with Crippen molar-refractivity contribution >= 4 is 10.4 Å². The SMILES string of the molecule is CCN(CC)CC(C)O.COS(=O)(=O)O. The maximum absolute atomic E-state index is 9.33. The Labute approximate surface area is 91.8 Å². The van der Waals surface area contributed by atoms with Crippen molar-refractivity contribution in [2.75, 3.05) is 26.7 Å². The highest BCUT2D eigenvalue weighted by atomic mass is 32.3. The summed E-state index contributed by atoms with van der Waals surface area (Å²) in [5, 5.41) is 8.94. The number of rotatable bonds is 5. The first-order chi connectivity index (χ1) is 6.76. The molecule has 1 unspecified atom stereocenters. The molecule has 0 fully saturated rings. The fourth-order valence-electron chi connectivity index (χ4n) is 0.855. The molecule has 2 N–H and O–H groups in total. The van der Waals surface area contributed by atoms with Crippen LogP contribution in [-0.4, -0.2) is 55.8 Å². The summed E-state index contributed by atoms with van der Waals surface area (Å²) in [6.45, 7) is 8.88. The first-order valence-electron chi connectivity index (χ1n) is 4.70. The van der Waals surface area contributed by atoms with Gasteiger partial charge in [-0.05, 0) is 20.0 Å². The molecule has 0 aromatic heterocycles. The summed E-state index contributed by atoms with van der Waals surface area (Å²) >= 11 is 0. The van der Waals surface area contributed by atoms with Crippen LogP contribution < -0.4 is 0 Å². The van der Waals surface area contributed by atoms with Gasteiger partial charge in [0.1, 0.15) is 0 Å². The predicted octanol–water partition coefficient (Wildman–Crippen LogP) is 0.145. The molecule has 6 nitrogen and oxygen atoms in total. The smallest absolute Gasteiger partial charge is 0.392 e. The zero-order valence-electron chi connectivity index (χ0n) is 9.67. The number of likely N-dealkylation sites (N-methyl/N-ethyl adjacent to an activating group) is 1. The Hall–Kier alpha value is -0.210. The van der Waals surface area contributed by atoms with Gasteiger partial charge in [-0.25, -0.2) is 0 Å². The lowest BCUT2D eigenvalue weighted by molar-refractivity contribution is 0.133. The molecule has 0 radical (unpaired) electrons. The fraction of sp³-hybridized carbons (Fsp3) is 1.00. The Morgan fingerprint density at radius 3 is 1.73 bits per heavy atom. The Morgan fingerprint density at radius 1 is 1.33 bits per heavy atom. The molecular formula is C8H21NO5S. The molecular weight excluding hydrogens is 222 g/mol. The lowest BCUT2D eigenvalue weighted by atomic mass is 10.3. The van der Waals surface area contributed by atoms with Crippen LogP contribution in [0.4, 0.5) is 0 Å². The Balaban J connectivity index is 0. The Morgan fingerprint density at radius 2 is 1.67 bits per heavy atom. The van der Waals surface area contributed by atoms with Crippen molar-refractivity contribution in [1.29, 1.82) is 0 Å². The zero-order chi connectivity index (χ0) is 12.5. The van der Waals surface area contributed by atoms with Crippen molar-refractivity contribution < 1.29 is 22.3 Å². The van der Waals surface area contributed by atoms with Gasteiger partial charge in [0.05, 0.1) is 13.2 Å². The minimum atomic E-state index is -4.16. The van der Waals surface area contributed by atoms with Gasteiger partial charge in [-0.3, -0.25) is 8.74 Å². The molecule has 15 heavy (non-hydrogen) atoms. The molecule has 0 rings (SSSR count). The molecule has 0 heterocycles. The molecule has 1 atom stereocenters. The van der Waals surface area contributed by atoms with Gasteiger partial charge in [0.25, 0.3) is 0 Å². The largest absolute Gasteiger partial charge is 0.397 e. The molecule has 0 aromatic carbocycles. The van der Waals surface area contributed by atoms with Gasteiger partial charge in [0, 0.05) is 6.54 Å². The highest BCUT2D eigenvalue weighted by Crippen LogP contribution is 1.89. The van der Waals surface area contributed by atoms with Crippen LogP contribution in [0, 0.1) is 0 Å². The van der Waals surface area contributed by atoms with Gasteiger partial charge in [0.2, 0.25) is 0 Å². The van der Waals surface area contributed by atoms with Crippen molar-refractivity contribution in [2.24, 2.45) is 0 Å².